The first-order valence-corrected chi connectivity index (χ1v) is 13.5. The van der Waals surface area contributed by atoms with Crippen LogP contribution in [0.4, 0.5) is 0 Å². The zero-order valence-electron chi connectivity index (χ0n) is 21.4. The van der Waals surface area contributed by atoms with Crippen LogP contribution < -0.4 is 10.9 Å². The van der Waals surface area contributed by atoms with Gasteiger partial charge in [0.15, 0.2) is 4.77 Å². The molecule has 7 heteroatoms. The molecule has 1 aliphatic heterocycles. The quantitative estimate of drug-likeness (QED) is 0.193. The van der Waals surface area contributed by atoms with Crippen molar-refractivity contribution in [2.75, 3.05) is 0 Å². The Balaban J connectivity index is 2.08. The Morgan fingerprint density at radius 1 is 0.886 bits per heavy atom. The third kappa shape index (κ3) is 6.51. The van der Waals surface area contributed by atoms with Crippen molar-refractivity contribution in [1.29, 1.82) is 5.41 Å². The molecule has 1 aliphatic carbocycles. The molecule has 35 heavy (non-hydrogen) atoms. The lowest BCUT2D eigenvalue weighted by atomic mass is 10.0. The number of nitrogens with zero attached hydrogens (tertiary/aromatic N) is 2. The van der Waals surface area contributed by atoms with Crippen molar-refractivity contribution in [2.24, 2.45) is 0 Å². The first-order chi connectivity index (χ1) is 16.9. The molecule has 2 aliphatic rings. The summed E-state index contributed by atoms with van der Waals surface area (Å²) in [5.74, 6) is 0.686. The van der Waals surface area contributed by atoms with Crippen molar-refractivity contribution in [3.05, 3.63) is 50.3 Å². The van der Waals surface area contributed by atoms with E-state index in [1.807, 2.05) is 13.0 Å². The third-order valence-corrected chi connectivity index (χ3v) is 7.03. The van der Waals surface area contributed by atoms with Crippen LogP contribution in [0.2, 0.25) is 0 Å². The minimum absolute atomic E-state index is 0.137. The van der Waals surface area contributed by atoms with Gasteiger partial charge in [0, 0.05) is 24.7 Å². The van der Waals surface area contributed by atoms with E-state index in [1.54, 1.807) is 27.3 Å². The highest BCUT2D eigenvalue weighted by atomic mass is 32.1. The fourth-order valence-corrected chi connectivity index (χ4v) is 4.88. The highest BCUT2D eigenvalue weighted by Crippen LogP contribution is 2.33. The molecule has 1 aromatic heterocycles. The molecule has 0 fully saturated rings. The first-order valence-electron chi connectivity index (χ1n) is 13.0. The van der Waals surface area contributed by atoms with Crippen LogP contribution in [-0.4, -0.2) is 14.2 Å². The van der Waals surface area contributed by atoms with E-state index in [0.717, 1.165) is 56.1 Å². The topological polar surface area (TPSA) is 84.2 Å². The molecule has 0 spiro atoms. The fraction of sp³-hybridized carbons (Fsp3) is 0.536. The molecule has 3 rings (SSSR count). The van der Waals surface area contributed by atoms with Crippen LogP contribution in [0.3, 0.4) is 0 Å². The standard InChI is InChI=1S/C28H39N3O3S/c1-4-6-8-10-12-16-30-26(32)25(27(33)31(28(30)35)17-13-11-9-7-5-2)24-18-20(3)22-15-14-21(29)19-23(22)34-24/h14-15,18-19,29,32H,4-13,16-17H2,1-3H3. The smallest absolute Gasteiger partial charge is 0.269 e. The zero-order valence-corrected chi connectivity index (χ0v) is 22.2. The van der Waals surface area contributed by atoms with E-state index in [-0.39, 0.29) is 17.0 Å². The molecule has 0 atom stereocenters. The van der Waals surface area contributed by atoms with Crippen LogP contribution in [0.5, 0.6) is 5.88 Å². The minimum Gasteiger partial charge on any atom is -0.494 e. The number of nitrogens with one attached hydrogen (secondary N) is 1. The highest BCUT2D eigenvalue weighted by Gasteiger charge is 2.22. The van der Waals surface area contributed by atoms with Crippen molar-refractivity contribution < 1.29 is 9.52 Å². The minimum atomic E-state index is -0.324. The molecule has 0 aromatic carbocycles. The normalized spacial score (nSPS) is 11.4. The Bertz CT molecular complexity index is 1270. The molecule has 0 bridgehead atoms. The number of hydrogen-bond acceptors (Lipinski definition) is 5. The Morgan fingerprint density at radius 2 is 1.49 bits per heavy atom. The largest absolute Gasteiger partial charge is 0.494 e. The molecule has 0 amide bonds. The molecule has 190 valence electrons. The molecular weight excluding hydrogens is 458 g/mol. The van der Waals surface area contributed by atoms with Gasteiger partial charge in [-0.15, -0.1) is 0 Å². The summed E-state index contributed by atoms with van der Waals surface area (Å²) < 4.78 is 9.78. The Morgan fingerprint density at radius 3 is 2.11 bits per heavy atom. The average Bonchev–Trinajstić information content (AvgIpc) is 2.82. The second kappa shape index (κ2) is 12.9. The lowest BCUT2D eigenvalue weighted by molar-refractivity contribution is 0.385. The molecule has 0 saturated heterocycles. The maximum Gasteiger partial charge on any atom is 0.269 e. The van der Waals surface area contributed by atoms with E-state index in [4.69, 9.17) is 22.0 Å². The van der Waals surface area contributed by atoms with Gasteiger partial charge in [-0.1, -0.05) is 65.2 Å². The average molecular weight is 498 g/mol. The molecule has 1 aromatic rings. The van der Waals surface area contributed by atoms with Crippen molar-refractivity contribution >= 4 is 12.2 Å². The predicted octanol–water partition coefficient (Wildman–Crippen LogP) is 7.18. The third-order valence-electron chi connectivity index (χ3n) is 6.59. The monoisotopic (exact) mass is 497 g/mol. The van der Waals surface area contributed by atoms with Gasteiger partial charge in [0.25, 0.3) is 5.56 Å². The summed E-state index contributed by atoms with van der Waals surface area (Å²) in [6.45, 7) is 7.38. The van der Waals surface area contributed by atoms with E-state index in [2.05, 4.69) is 13.8 Å². The molecule has 6 nitrogen and oxygen atoms in total. The van der Waals surface area contributed by atoms with Gasteiger partial charge in [0.05, 0.1) is 5.36 Å². The van der Waals surface area contributed by atoms with Gasteiger partial charge in [-0.05, 0) is 55.7 Å². The molecule has 0 saturated carbocycles. The van der Waals surface area contributed by atoms with Crippen molar-refractivity contribution in [3.63, 3.8) is 0 Å². The number of aromatic nitrogens is 2. The van der Waals surface area contributed by atoms with Crippen LogP contribution in [0.1, 0.15) is 83.6 Å². The van der Waals surface area contributed by atoms with Gasteiger partial charge in [-0.3, -0.25) is 13.9 Å². The fourth-order valence-electron chi connectivity index (χ4n) is 4.53. The Kier molecular flexibility index (Phi) is 9.90. The van der Waals surface area contributed by atoms with Crippen LogP contribution in [-0.2, 0) is 13.1 Å². The summed E-state index contributed by atoms with van der Waals surface area (Å²) in [6, 6.07) is 6.99. The number of fused-ring (bicyclic) bond motifs is 1. The van der Waals surface area contributed by atoms with Gasteiger partial charge in [-0.25, -0.2) is 0 Å². The summed E-state index contributed by atoms with van der Waals surface area (Å²) in [4.78, 5) is 13.6. The predicted molar refractivity (Wildman–Crippen MR) is 144 cm³/mol. The van der Waals surface area contributed by atoms with Gasteiger partial charge < -0.3 is 14.9 Å². The number of aromatic hydroxyl groups is 1. The van der Waals surface area contributed by atoms with Gasteiger partial charge in [-0.2, -0.15) is 0 Å². The Hall–Kier alpha value is -2.67. The van der Waals surface area contributed by atoms with Gasteiger partial charge in [0.2, 0.25) is 5.88 Å². The second-order valence-corrected chi connectivity index (χ2v) is 9.79. The van der Waals surface area contributed by atoms with Crippen LogP contribution in [0.25, 0.3) is 22.6 Å². The maximum absolute atomic E-state index is 13.6. The van der Waals surface area contributed by atoms with Gasteiger partial charge >= 0.3 is 0 Å². The number of unbranched alkanes of at least 4 members (excludes halogenated alkanes) is 8. The molecule has 2 N–H and O–H groups in total. The van der Waals surface area contributed by atoms with Crippen LogP contribution >= 0.6 is 12.2 Å². The lowest BCUT2D eigenvalue weighted by Crippen LogP contribution is -2.27. The van der Waals surface area contributed by atoms with E-state index < -0.39 is 0 Å². The van der Waals surface area contributed by atoms with Crippen molar-refractivity contribution in [1.82, 2.24) is 9.13 Å². The zero-order chi connectivity index (χ0) is 25.4. The summed E-state index contributed by atoms with van der Waals surface area (Å²) >= 11 is 5.71. The van der Waals surface area contributed by atoms with Crippen molar-refractivity contribution in [2.45, 2.75) is 98.1 Å². The van der Waals surface area contributed by atoms with E-state index >= 15 is 0 Å². The first kappa shape index (κ1) is 26.9. The van der Waals surface area contributed by atoms with E-state index in [0.29, 0.717) is 34.7 Å². The maximum atomic E-state index is 13.6. The highest BCUT2D eigenvalue weighted by molar-refractivity contribution is 7.71. The number of rotatable bonds is 13. The lowest BCUT2D eigenvalue weighted by Gasteiger charge is -2.18. The molecule has 0 unspecified atom stereocenters. The van der Waals surface area contributed by atoms with Crippen molar-refractivity contribution in [3.8, 4) is 28.5 Å². The Labute approximate surface area is 213 Å². The molecule has 2 heterocycles. The summed E-state index contributed by atoms with van der Waals surface area (Å²) in [5, 5.41) is 19.6. The SMILES string of the molecule is CCCCCCCn1c(O)c(-c2cc(C)c3ccc(=N)cc-3o2)c(=O)n(CCCCCCC)c1=S. The second-order valence-electron chi connectivity index (χ2n) is 9.42. The van der Waals surface area contributed by atoms with Gasteiger partial charge in [0.1, 0.15) is 17.1 Å². The summed E-state index contributed by atoms with van der Waals surface area (Å²) in [5.41, 5.74) is 1.61. The molecule has 0 radical (unpaired) electrons. The summed E-state index contributed by atoms with van der Waals surface area (Å²) in [7, 11) is 0. The number of aryl methyl sites for hydroxylation is 1. The number of benzene rings is 1. The molecular formula is C28H39N3O3S. The number of hydrogen-bond donors (Lipinski definition) is 2. The van der Waals surface area contributed by atoms with Crippen LogP contribution in [0.15, 0.2) is 33.5 Å². The van der Waals surface area contributed by atoms with E-state index in [1.165, 1.54) is 19.3 Å². The summed E-state index contributed by atoms with van der Waals surface area (Å²) in [6.07, 6.45) is 10.8. The van der Waals surface area contributed by atoms with E-state index in [9.17, 15) is 9.90 Å². The van der Waals surface area contributed by atoms with Crippen LogP contribution in [0, 0.1) is 17.1 Å².